The van der Waals surface area contributed by atoms with Crippen molar-refractivity contribution in [2.24, 2.45) is 5.92 Å². The van der Waals surface area contributed by atoms with E-state index in [9.17, 15) is 0 Å². The molecule has 0 aliphatic rings. The standard InChI is InChI=1S/C12H20BrNOS/c1-9(2)11(4-5-15-3)14-7-10-6-12(13)16-8-10/h6,8-9,11,14H,4-5,7H2,1-3H3. The van der Waals surface area contributed by atoms with Crippen LogP contribution in [0, 0.1) is 5.92 Å². The van der Waals surface area contributed by atoms with Crippen molar-refractivity contribution < 1.29 is 4.74 Å². The molecule has 0 aromatic carbocycles. The Morgan fingerprint density at radius 3 is 2.75 bits per heavy atom. The number of hydrogen-bond donors (Lipinski definition) is 1. The Hall–Kier alpha value is 0.100. The molecule has 1 aromatic rings. The van der Waals surface area contributed by atoms with E-state index in [4.69, 9.17) is 4.74 Å². The normalized spacial score (nSPS) is 13.3. The maximum atomic E-state index is 5.13. The lowest BCUT2D eigenvalue weighted by Gasteiger charge is -2.21. The minimum absolute atomic E-state index is 0.527. The quantitative estimate of drug-likeness (QED) is 0.830. The third-order valence-corrected chi connectivity index (χ3v) is 4.18. The van der Waals surface area contributed by atoms with Crippen LogP contribution in [0.2, 0.25) is 0 Å². The van der Waals surface area contributed by atoms with Crippen molar-refractivity contribution in [3.05, 3.63) is 20.8 Å². The van der Waals surface area contributed by atoms with Crippen LogP contribution >= 0.6 is 27.3 Å². The second-order valence-corrected chi connectivity index (χ2v) is 6.56. The molecule has 1 rings (SSSR count). The maximum absolute atomic E-state index is 5.13. The summed E-state index contributed by atoms with van der Waals surface area (Å²) in [6.07, 6.45) is 1.07. The molecule has 1 unspecified atom stereocenters. The SMILES string of the molecule is COCCC(NCc1csc(Br)c1)C(C)C. The van der Waals surface area contributed by atoms with E-state index in [1.165, 1.54) is 9.35 Å². The summed E-state index contributed by atoms with van der Waals surface area (Å²) in [6.45, 7) is 6.26. The Morgan fingerprint density at radius 2 is 2.25 bits per heavy atom. The molecule has 0 amide bonds. The monoisotopic (exact) mass is 305 g/mol. The Balaban J connectivity index is 2.37. The van der Waals surface area contributed by atoms with Crippen LogP contribution in [0.15, 0.2) is 15.2 Å². The van der Waals surface area contributed by atoms with Gasteiger partial charge in [0.05, 0.1) is 3.79 Å². The maximum Gasteiger partial charge on any atom is 0.0701 e. The predicted octanol–water partition coefficient (Wildman–Crippen LogP) is 3.66. The summed E-state index contributed by atoms with van der Waals surface area (Å²) < 4.78 is 6.33. The molecule has 1 N–H and O–H groups in total. The molecular weight excluding hydrogens is 286 g/mol. The lowest BCUT2D eigenvalue weighted by Crippen LogP contribution is -2.34. The molecule has 16 heavy (non-hydrogen) atoms. The first-order chi connectivity index (χ1) is 7.63. The summed E-state index contributed by atoms with van der Waals surface area (Å²) in [5.74, 6) is 0.636. The van der Waals surface area contributed by atoms with Gasteiger partial charge >= 0.3 is 0 Å². The molecule has 0 bridgehead atoms. The van der Waals surface area contributed by atoms with E-state index in [2.05, 4.69) is 46.5 Å². The second kappa shape index (κ2) is 7.43. The number of thiophene rings is 1. The van der Waals surface area contributed by atoms with Gasteiger partial charge in [0.25, 0.3) is 0 Å². The lowest BCUT2D eigenvalue weighted by atomic mass is 10.0. The first kappa shape index (κ1) is 14.2. The minimum atomic E-state index is 0.527. The Kier molecular flexibility index (Phi) is 6.58. The highest BCUT2D eigenvalue weighted by Gasteiger charge is 2.12. The van der Waals surface area contributed by atoms with Crippen LogP contribution in [0.4, 0.5) is 0 Å². The number of rotatable bonds is 7. The van der Waals surface area contributed by atoms with Gasteiger partial charge in [-0.15, -0.1) is 11.3 Å². The molecule has 0 saturated carbocycles. The predicted molar refractivity (Wildman–Crippen MR) is 74.0 cm³/mol. The van der Waals surface area contributed by atoms with Gasteiger partial charge in [0.2, 0.25) is 0 Å². The van der Waals surface area contributed by atoms with E-state index in [0.717, 1.165) is 19.6 Å². The van der Waals surface area contributed by atoms with Gasteiger partial charge in [0.15, 0.2) is 0 Å². The van der Waals surface area contributed by atoms with Crippen molar-refractivity contribution >= 4 is 27.3 Å². The Labute approximate surface area is 111 Å². The molecule has 0 spiro atoms. The number of ether oxygens (including phenoxy) is 1. The van der Waals surface area contributed by atoms with Crippen molar-refractivity contribution in [2.45, 2.75) is 32.9 Å². The van der Waals surface area contributed by atoms with Gasteiger partial charge in [0, 0.05) is 26.3 Å². The average molecular weight is 306 g/mol. The van der Waals surface area contributed by atoms with Crippen LogP contribution in [-0.2, 0) is 11.3 Å². The van der Waals surface area contributed by atoms with Gasteiger partial charge in [-0.1, -0.05) is 13.8 Å². The first-order valence-corrected chi connectivity index (χ1v) is 7.26. The van der Waals surface area contributed by atoms with Gasteiger partial charge in [-0.25, -0.2) is 0 Å². The third-order valence-electron chi connectivity index (χ3n) is 2.63. The van der Waals surface area contributed by atoms with E-state index in [-0.39, 0.29) is 0 Å². The molecule has 92 valence electrons. The van der Waals surface area contributed by atoms with Crippen LogP contribution in [0.3, 0.4) is 0 Å². The molecule has 4 heteroatoms. The van der Waals surface area contributed by atoms with E-state index >= 15 is 0 Å². The van der Waals surface area contributed by atoms with Crippen molar-refractivity contribution in [2.75, 3.05) is 13.7 Å². The van der Waals surface area contributed by atoms with Gasteiger partial charge in [0.1, 0.15) is 0 Å². The number of hydrogen-bond acceptors (Lipinski definition) is 3. The zero-order chi connectivity index (χ0) is 12.0. The first-order valence-electron chi connectivity index (χ1n) is 5.58. The van der Waals surface area contributed by atoms with Crippen molar-refractivity contribution in [3.63, 3.8) is 0 Å². The average Bonchev–Trinajstić information content (AvgIpc) is 2.64. The van der Waals surface area contributed by atoms with Crippen molar-refractivity contribution in [3.8, 4) is 0 Å². The molecule has 0 saturated heterocycles. The Bertz CT molecular complexity index is 301. The van der Waals surface area contributed by atoms with Crippen LogP contribution in [-0.4, -0.2) is 19.8 Å². The van der Waals surface area contributed by atoms with Crippen molar-refractivity contribution in [1.82, 2.24) is 5.32 Å². The molecule has 1 atom stereocenters. The van der Waals surface area contributed by atoms with Gasteiger partial charge < -0.3 is 10.1 Å². The topological polar surface area (TPSA) is 21.3 Å². The highest BCUT2D eigenvalue weighted by atomic mass is 79.9. The fourth-order valence-corrected chi connectivity index (χ4v) is 2.81. The fraction of sp³-hybridized carbons (Fsp3) is 0.667. The second-order valence-electron chi connectivity index (χ2n) is 4.27. The molecule has 2 nitrogen and oxygen atoms in total. The third kappa shape index (κ3) is 4.95. The molecular formula is C12H20BrNOS. The molecule has 0 aliphatic carbocycles. The fourth-order valence-electron chi connectivity index (χ4n) is 1.60. The van der Waals surface area contributed by atoms with Gasteiger partial charge in [-0.05, 0) is 45.3 Å². The van der Waals surface area contributed by atoms with Crippen LogP contribution in [0.1, 0.15) is 25.8 Å². The molecule has 0 radical (unpaired) electrons. The van der Waals surface area contributed by atoms with E-state index in [0.29, 0.717) is 12.0 Å². The summed E-state index contributed by atoms with van der Waals surface area (Å²) in [6, 6.07) is 2.70. The summed E-state index contributed by atoms with van der Waals surface area (Å²) in [5.41, 5.74) is 1.35. The largest absolute Gasteiger partial charge is 0.385 e. The summed E-state index contributed by atoms with van der Waals surface area (Å²) in [7, 11) is 1.76. The zero-order valence-corrected chi connectivity index (χ0v) is 12.5. The lowest BCUT2D eigenvalue weighted by molar-refractivity contribution is 0.173. The smallest absolute Gasteiger partial charge is 0.0701 e. The van der Waals surface area contributed by atoms with E-state index in [1.807, 2.05) is 0 Å². The molecule has 1 aromatic heterocycles. The highest BCUT2D eigenvalue weighted by molar-refractivity contribution is 9.11. The summed E-state index contributed by atoms with van der Waals surface area (Å²) in [5, 5.41) is 5.77. The molecule has 0 fully saturated rings. The number of halogens is 1. The minimum Gasteiger partial charge on any atom is -0.385 e. The van der Waals surface area contributed by atoms with E-state index in [1.54, 1.807) is 18.4 Å². The van der Waals surface area contributed by atoms with Crippen molar-refractivity contribution in [1.29, 1.82) is 0 Å². The van der Waals surface area contributed by atoms with E-state index < -0.39 is 0 Å². The molecule has 0 aliphatic heterocycles. The van der Waals surface area contributed by atoms with Crippen LogP contribution < -0.4 is 5.32 Å². The Morgan fingerprint density at radius 1 is 1.50 bits per heavy atom. The summed E-state index contributed by atoms with van der Waals surface area (Å²) in [4.78, 5) is 0. The molecule has 1 heterocycles. The van der Waals surface area contributed by atoms with Gasteiger partial charge in [-0.3, -0.25) is 0 Å². The van der Waals surface area contributed by atoms with Crippen LogP contribution in [0.5, 0.6) is 0 Å². The van der Waals surface area contributed by atoms with Gasteiger partial charge in [-0.2, -0.15) is 0 Å². The zero-order valence-electron chi connectivity index (χ0n) is 10.1. The highest BCUT2D eigenvalue weighted by Crippen LogP contribution is 2.20. The number of methoxy groups -OCH3 is 1. The van der Waals surface area contributed by atoms with Crippen LogP contribution in [0.25, 0.3) is 0 Å². The summed E-state index contributed by atoms with van der Waals surface area (Å²) >= 11 is 5.22. The number of nitrogens with one attached hydrogen (secondary N) is 1.